The summed E-state index contributed by atoms with van der Waals surface area (Å²) < 4.78 is 0. The van der Waals surface area contributed by atoms with Crippen LogP contribution in [0.2, 0.25) is 0 Å². The highest BCUT2D eigenvalue weighted by Gasteiger charge is 1.72. The van der Waals surface area contributed by atoms with Gasteiger partial charge in [-0.05, 0) is 23.2 Å². The van der Waals surface area contributed by atoms with E-state index in [1.54, 1.807) is 0 Å². The molecule has 0 saturated heterocycles. The molecule has 0 bridgehead atoms. The van der Waals surface area contributed by atoms with Crippen LogP contribution in [0.3, 0.4) is 0 Å². The van der Waals surface area contributed by atoms with Gasteiger partial charge in [0.1, 0.15) is 0 Å². The van der Waals surface area contributed by atoms with Gasteiger partial charge in [-0.2, -0.15) is 0 Å². The van der Waals surface area contributed by atoms with E-state index in [2.05, 4.69) is 12.4 Å². The van der Waals surface area contributed by atoms with Gasteiger partial charge in [0, 0.05) is 5.22 Å². The number of hydrogen-bond acceptors (Lipinski definition) is 1. The molecular weight excluding hydrogens is 110 g/mol. The monoisotopic (exact) mass is 117 g/mol. The maximum atomic E-state index is 6.74. The van der Waals surface area contributed by atoms with E-state index in [0.717, 1.165) is 10.4 Å². The molecule has 0 saturated carbocycles. The minimum Gasteiger partial charge on any atom is -0.258 e. The average molecular weight is 117 g/mol. The Morgan fingerprint density at radius 1 is 1.22 bits per heavy atom. The molecule has 0 atom stereocenters. The predicted octanol–water partition coefficient (Wildman–Crippen LogP) is 0.0170. The van der Waals surface area contributed by atoms with Gasteiger partial charge in [-0.1, -0.05) is 18.7 Å². The lowest BCUT2D eigenvalue weighted by Gasteiger charge is -1.78. The van der Waals surface area contributed by atoms with Crippen LogP contribution in [0.15, 0.2) is 24.3 Å². The van der Waals surface area contributed by atoms with Crippen molar-refractivity contribution in [3.8, 4) is 0 Å². The zero-order chi connectivity index (χ0) is 6.69. The van der Waals surface area contributed by atoms with E-state index in [0.29, 0.717) is 0 Å². The number of benzene rings is 1. The van der Waals surface area contributed by atoms with Crippen LogP contribution in [0.25, 0.3) is 6.58 Å². The van der Waals surface area contributed by atoms with Crippen molar-refractivity contribution in [2.24, 2.45) is 0 Å². The molecule has 1 N–H and O–H groups in total. The lowest BCUT2D eigenvalue weighted by molar-refractivity contribution is 1.53. The number of rotatable bonds is 0. The second kappa shape index (κ2) is 2.29. The summed E-state index contributed by atoms with van der Waals surface area (Å²) in [7, 11) is 0. The summed E-state index contributed by atoms with van der Waals surface area (Å²) in [6.07, 6.45) is 0. The zero-order valence-corrected chi connectivity index (χ0v) is 5.02. The maximum Gasteiger partial charge on any atom is 0.0354 e. The molecule has 0 radical (unpaired) electrons. The SMILES string of the molecule is C=c1ccc(=C=N)cc1. The standard InChI is InChI=1S/C8H7N/c1-7-2-4-8(6-9)5-3-7/h2-5,9H,1H2. The Bertz CT molecular complexity index is 297. The largest absolute Gasteiger partial charge is 0.258 e. The van der Waals surface area contributed by atoms with E-state index in [4.69, 9.17) is 5.41 Å². The first-order valence-electron chi connectivity index (χ1n) is 2.67. The molecule has 1 aromatic rings. The minimum absolute atomic E-state index is 0.794. The van der Waals surface area contributed by atoms with Crippen molar-refractivity contribution in [3.05, 3.63) is 34.7 Å². The van der Waals surface area contributed by atoms with Gasteiger partial charge in [0.2, 0.25) is 0 Å². The van der Waals surface area contributed by atoms with Crippen molar-refractivity contribution in [3.63, 3.8) is 0 Å². The van der Waals surface area contributed by atoms with E-state index >= 15 is 0 Å². The maximum absolute atomic E-state index is 6.74. The fourth-order valence-electron chi connectivity index (χ4n) is 0.588. The molecule has 0 heterocycles. The average Bonchev–Trinajstić information content (AvgIpc) is 1.90. The summed E-state index contributed by atoms with van der Waals surface area (Å²) in [5, 5.41) is 8.50. The fraction of sp³-hybridized carbons (Fsp3) is 0. The molecule has 0 unspecified atom stereocenters. The van der Waals surface area contributed by atoms with Crippen LogP contribution in [-0.4, -0.2) is 5.87 Å². The molecule has 1 heteroatoms. The van der Waals surface area contributed by atoms with Gasteiger partial charge < -0.3 is 0 Å². The first-order valence-corrected chi connectivity index (χ1v) is 2.67. The third kappa shape index (κ3) is 1.28. The van der Waals surface area contributed by atoms with Crippen LogP contribution in [0.4, 0.5) is 0 Å². The fourth-order valence-corrected chi connectivity index (χ4v) is 0.588. The Hall–Kier alpha value is -1.33. The van der Waals surface area contributed by atoms with Crippen LogP contribution in [0.1, 0.15) is 0 Å². The molecule has 0 amide bonds. The third-order valence-corrected chi connectivity index (χ3v) is 1.10. The van der Waals surface area contributed by atoms with Crippen LogP contribution < -0.4 is 10.4 Å². The lowest BCUT2D eigenvalue weighted by Crippen LogP contribution is -2.05. The van der Waals surface area contributed by atoms with Crippen molar-refractivity contribution >= 4 is 12.4 Å². The summed E-state index contributed by atoms with van der Waals surface area (Å²) in [5.74, 6) is 2.28. The molecule has 1 rings (SSSR count). The minimum atomic E-state index is 0.794. The smallest absolute Gasteiger partial charge is 0.0354 e. The lowest BCUT2D eigenvalue weighted by atomic mass is 10.3. The van der Waals surface area contributed by atoms with Crippen LogP contribution in [0, 0.1) is 5.41 Å². The quantitative estimate of drug-likeness (QED) is 0.463. The van der Waals surface area contributed by atoms with Crippen LogP contribution in [0.5, 0.6) is 0 Å². The topological polar surface area (TPSA) is 23.9 Å². The van der Waals surface area contributed by atoms with Gasteiger partial charge in [0.25, 0.3) is 0 Å². The third-order valence-electron chi connectivity index (χ3n) is 1.10. The summed E-state index contributed by atoms with van der Waals surface area (Å²) >= 11 is 0. The molecule has 1 nitrogen and oxygen atoms in total. The molecule has 0 fully saturated rings. The van der Waals surface area contributed by atoms with E-state index in [1.807, 2.05) is 24.3 Å². The molecule has 0 aliphatic rings. The molecular formula is C8H7N. The van der Waals surface area contributed by atoms with Crippen molar-refractivity contribution in [2.45, 2.75) is 0 Å². The summed E-state index contributed by atoms with van der Waals surface area (Å²) in [6, 6.07) is 7.35. The van der Waals surface area contributed by atoms with Gasteiger partial charge >= 0.3 is 0 Å². The number of hydrogen-bond donors (Lipinski definition) is 1. The molecule has 0 aliphatic heterocycles. The van der Waals surface area contributed by atoms with Crippen molar-refractivity contribution in [2.75, 3.05) is 0 Å². The Balaban J connectivity index is 3.51. The molecule has 0 aliphatic carbocycles. The van der Waals surface area contributed by atoms with Crippen LogP contribution in [-0.2, 0) is 0 Å². The Kier molecular flexibility index (Phi) is 1.48. The Morgan fingerprint density at radius 3 is 2.22 bits per heavy atom. The number of nitrogens with one attached hydrogen (secondary N) is 1. The van der Waals surface area contributed by atoms with Crippen LogP contribution >= 0.6 is 0 Å². The van der Waals surface area contributed by atoms with E-state index in [9.17, 15) is 0 Å². The van der Waals surface area contributed by atoms with E-state index < -0.39 is 0 Å². The second-order valence-corrected chi connectivity index (χ2v) is 1.82. The Labute approximate surface area is 53.5 Å². The zero-order valence-electron chi connectivity index (χ0n) is 5.02. The van der Waals surface area contributed by atoms with E-state index in [-0.39, 0.29) is 0 Å². The highest BCUT2D eigenvalue weighted by Crippen LogP contribution is 1.62. The summed E-state index contributed by atoms with van der Waals surface area (Å²) in [4.78, 5) is 0. The van der Waals surface area contributed by atoms with Gasteiger partial charge in [-0.15, -0.1) is 0 Å². The summed E-state index contributed by atoms with van der Waals surface area (Å²) in [6.45, 7) is 3.71. The van der Waals surface area contributed by atoms with Crippen molar-refractivity contribution in [1.29, 1.82) is 5.41 Å². The van der Waals surface area contributed by atoms with Gasteiger partial charge in [-0.25, -0.2) is 0 Å². The second-order valence-electron chi connectivity index (χ2n) is 1.82. The highest BCUT2D eigenvalue weighted by atomic mass is 14.3. The predicted molar refractivity (Wildman–Crippen MR) is 38.0 cm³/mol. The Morgan fingerprint density at radius 2 is 1.78 bits per heavy atom. The molecule has 9 heavy (non-hydrogen) atoms. The molecule has 1 aromatic carbocycles. The highest BCUT2D eigenvalue weighted by molar-refractivity contribution is 5.47. The van der Waals surface area contributed by atoms with Crippen molar-refractivity contribution in [1.82, 2.24) is 0 Å². The first-order chi connectivity index (χ1) is 4.33. The summed E-state index contributed by atoms with van der Waals surface area (Å²) in [5.41, 5.74) is 0. The molecule has 0 spiro atoms. The van der Waals surface area contributed by atoms with Gasteiger partial charge in [0.15, 0.2) is 0 Å². The normalized spacial score (nSPS) is 8.44. The van der Waals surface area contributed by atoms with Gasteiger partial charge in [0.05, 0.1) is 0 Å². The van der Waals surface area contributed by atoms with E-state index in [1.165, 1.54) is 0 Å². The molecule has 0 aromatic heterocycles. The van der Waals surface area contributed by atoms with Gasteiger partial charge in [-0.3, -0.25) is 5.41 Å². The molecule has 44 valence electrons. The van der Waals surface area contributed by atoms with Crippen molar-refractivity contribution < 1.29 is 0 Å². The first kappa shape index (κ1) is 5.80.